The van der Waals surface area contributed by atoms with Crippen molar-refractivity contribution in [1.29, 1.82) is 0 Å². The molecule has 17 heavy (non-hydrogen) atoms. The average Bonchev–Trinajstić information content (AvgIpc) is 2.48. The van der Waals surface area contributed by atoms with Gasteiger partial charge >= 0.3 is 0 Å². The average molecular weight is 237 g/mol. The van der Waals surface area contributed by atoms with Crippen LogP contribution in [0, 0.1) is 5.92 Å². The topological polar surface area (TPSA) is 29.5 Å². The number of hydrogen-bond donors (Lipinski definition) is 0. The maximum atomic E-state index is 11.6. The van der Waals surface area contributed by atoms with Crippen molar-refractivity contribution in [2.75, 3.05) is 0 Å². The molecule has 1 amide bonds. The van der Waals surface area contributed by atoms with Gasteiger partial charge < -0.3 is 9.64 Å². The van der Waals surface area contributed by atoms with Crippen molar-refractivity contribution in [3.8, 4) is 0 Å². The number of hydrogen-bond acceptors (Lipinski definition) is 2. The number of carbonyl (C=O) groups excluding carboxylic acids is 1. The number of amides is 1. The minimum Gasteiger partial charge on any atom is -0.351 e. The monoisotopic (exact) mass is 237 g/mol. The zero-order valence-corrected chi connectivity index (χ0v) is 11.7. The van der Waals surface area contributed by atoms with Crippen LogP contribution in [-0.2, 0) is 4.74 Å². The van der Waals surface area contributed by atoms with Crippen molar-refractivity contribution in [2.45, 2.75) is 71.8 Å². The first-order valence-electron chi connectivity index (χ1n) is 6.60. The van der Waals surface area contributed by atoms with Gasteiger partial charge in [0.25, 0.3) is 0 Å². The highest BCUT2D eigenvalue weighted by Crippen LogP contribution is 2.36. The Balaban J connectivity index is 2.85. The highest BCUT2D eigenvalue weighted by molar-refractivity contribution is 6.57. The van der Waals surface area contributed by atoms with Crippen molar-refractivity contribution < 1.29 is 9.53 Å². The van der Waals surface area contributed by atoms with E-state index < -0.39 is 5.72 Å². The first-order valence-corrected chi connectivity index (χ1v) is 6.60. The van der Waals surface area contributed by atoms with E-state index >= 15 is 0 Å². The van der Waals surface area contributed by atoms with Gasteiger partial charge in [0.2, 0.25) is 7.85 Å². The number of rotatable bonds is 4. The van der Waals surface area contributed by atoms with Crippen LogP contribution in [0.15, 0.2) is 0 Å². The lowest BCUT2D eigenvalue weighted by Crippen LogP contribution is -2.47. The summed E-state index contributed by atoms with van der Waals surface area (Å²) in [6.07, 6.45) is 3.11. The van der Waals surface area contributed by atoms with Crippen LogP contribution in [-0.4, -0.2) is 36.4 Å². The van der Waals surface area contributed by atoms with Crippen molar-refractivity contribution in [3.05, 3.63) is 0 Å². The second kappa shape index (κ2) is 5.43. The Labute approximate surface area is 106 Å². The summed E-state index contributed by atoms with van der Waals surface area (Å²) in [5.41, 5.74) is -0.579. The second-order valence-electron chi connectivity index (χ2n) is 5.54. The molecule has 0 aromatic heterocycles. The highest BCUT2D eigenvalue weighted by atomic mass is 16.5. The molecule has 1 heterocycles. The second-order valence-corrected chi connectivity index (χ2v) is 5.54. The Bertz CT molecular complexity index is 281. The zero-order valence-electron chi connectivity index (χ0n) is 11.7. The standard InChI is InChI=1S/C13H24BNO2/c1-6-9(3)8-11-10(7-2)15(12(14)16)13(4,5)17-11/h9-11H,6-8H2,1-5H3/t9?,10-,11+/m0/s1. The molecule has 1 aliphatic rings. The summed E-state index contributed by atoms with van der Waals surface area (Å²) in [5, 5.41) is 0. The molecule has 1 fully saturated rings. The molecule has 4 heteroatoms. The van der Waals surface area contributed by atoms with E-state index in [-0.39, 0.29) is 18.0 Å². The van der Waals surface area contributed by atoms with Crippen LogP contribution < -0.4 is 0 Å². The van der Waals surface area contributed by atoms with Crippen LogP contribution in [0.25, 0.3) is 0 Å². The molecule has 0 saturated carbocycles. The van der Waals surface area contributed by atoms with Gasteiger partial charge in [-0.1, -0.05) is 27.2 Å². The molecular weight excluding hydrogens is 213 g/mol. The third-order valence-corrected chi connectivity index (χ3v) is 3.77. The van der Waals surface area contributed by atoms with Crippen LogP contribution >= 0.6 is 0 Å². The van der Waals surface area contributed by atoms with Gasteiger partial charge in [-0.3, -0.25) is 4.79 Å². The van der Waals surface area contributed by atoms with Gasteiger partial charge in [-0.05, 0) is 32.6 Å². The molecule has 0 aromatic carbocycles. The molecule has 1 saturated heterocycles. The lowest BCUT2D eigenvalue weighted by molar-refractivity contribution is -0.0625. The van der Waals surface area contributed by atoms with E-state index in [0.717, 1.165) is 19.3 Å². The highest BCUT2D eigenvalue weighted by Gasteiger charge is 2.47. The van der Waals surface area contributed by atoms with Crippen molar-refractivity contribution in [2.24, 2.45) is 5.92 Å². The summed E-state index contributed by atoms with van der Waals surface area (Å²) in [4.78, 5) is 13.3. The Morgan fingerprint density at radius 2 is 2.06 bits per heavy atom. The summed E-state index contributed by atoms with van der Waals surface area (Å²) in [5.74, 6) is 0.228. The van der Waals surface area contributed by atoms with E-state index in [9.17, 15) is 4.79 Å². The van der Waals surface area contributed by atoms with Crippen LogP contribution in [0.4, 0.5) is 4.79 Å². The van der Waals surface area contributed by atoms with E-state index in [1.807, 2.05) is 13.8 Å². The third-order valence-electron chi connectivity index (χ3n) is 3.77. The van der Waals surface area contributed by atoms with Crippen LogP contribution in [0.1, 0.15) is 53.9 Å². The molecular formula is C13H24BNO2. The van der Waals surface area contributed by atoms with E-state index in [0.29, 0.717) is 5.92 Å². The fourth-order valence-electron chi connectivity index (χ4n) is 2.71. The largest absolute Gasteiger partial charge is 0.351 e. The molecule has 96 valence electrons. The molecule has 0 aliphatic carbocycles. The molecule has 1 rings (SSSR count). The molecule has 1 aliphatic heterocycles. The molecule has 1 unspecified atom stereocenters. The fraction of sp³-hybridized carbons (Fsp3) is 0.923. The summed E-state index contributed by atoms with van der Waals surface area (Å²) < 4.78 is 6.02. The van der Waals surface area contributed by atoms with Gasteiger partial charge in [0.1, 0.15) is 5.72 Å². The van der Waals surface area contributed by atoms with Crippen LogP contribution in [0.3, 0.4) is 0 Å². The van der Waals surface area contributed by atoms with Crippen molar-refractivity contribution >= 4 is 13.7 Å². The van der Waals surface area contributed by atoms with Gasteiger partial charge in [0, 0.05) is 0 Å². The summed E-state index contributed by atoms with van der Waals surface area (Å²) >= 11 is 0. The third kappa shape index (κ3) is 3.03. The summed E-state index contributed by atoms with van der Waals surface area (Å²) in [7, 11) is 5.47. The van der Waals surface area contributed by atoms with E-state index in [4.69, 9.17) is 12.6 Å². The quantitative estimate of drug-likeness (QED) is 0.703. The van der Waals surface area contributed by atoms with E-state index in [1.54, 1.807) is 4.90 Å². The summed E-state index contributed by atoms with van der Waals surface area (Å²) in [6.45, 7) is 10.3. The molecule has 3 atom stereocenters. The number of nitrogens with zero attached hydrogens (tertiary/aromatic N) is 1. The normalized spacial score (nSPS) is 29.4. The van der Waals surface area contributed by atoms with Gasteiger partial charge in [-0.2, -0.15) is 0 Å². The maximum absolute atomic E-state index is 11.6. The molecule has 0 N–H and O–H groups in total. The minimum absolute atomic E-state index is 0.108. The number of ether oxygens (including phenoxy) is 1. The summed E-state index contributed by atoms with van der Waals surface area (Å²) in [6, 6.07) is 0.108. The van der Waals surface area contributed by atoms with Crippen molar-refractivity contribution in [3.63, 3.8) is 0 Å². The Morgan fingerprint density at radius 1 is 1.47 bits per heavy atom. The number of carbonyl (C=O) groups is 1. The predicted octanol–water partition coefficient (Wildman–Crippen LogP) is 2.93. The lowest BCUT2D eigenvalue weighted by Gasteiger charge is -2.33. The smallest absolute Gasteiger partial charge is 0.200 e. The van der Waals surface area contributed by atoms with Crippen molar-refractivity contribution in [1.82, 2.24) is 4.90 Å². The Morgan fingerprint density at radius 3 is 2.47 bits per heavy atom. The molecule has 0 spiro atoms. The minimum atomic E-state index is -0.579. The Hall–Kier alpha value is -0.505. The fourth-order valence-corrected chi connectivity index (χ4v) is 2.71. The molecule has 0 aromatic rings. The SMILES string of the molecule is [B]C(=O)N1[C@@H](CC)[C@@H](CC(C)CC)OC1(C)C. The van der Waals surface area contributed by atoms with Gasteiger partial charge in [-0.25, -0.2) is 0 Å². The molecule has 0 bridgehead atoms. The van der Waals surface area contributed by atoms with Gasteiger partial charge in [0.15, 0.2) is 5.81 Å². The lowest BCUT2D eigenvalue weighted by atomic mass is 9.94. The first-order chi connectivity index (χ1) is 7.83. The molecule has 2 radical (unpaired) electrons. The predicted molar refractivity (Wildman–Crippen MR) is 70.1 cm³/mol. The van der Waals surface area contributed by atoms with Crippen LogP contribution in [0.2, 0.25) is 0 Å². The molecule has 3 nitrogen and oxygen atoms in total. The first kappa shape index (κ1) is 14.6. The van der Waals surface area contributed by atoms with Gasteiger partial charge in [0.05, 0.1) is 12.1 Å². The van der Waals surface area contributed by atoms with E-state index in [1.165, 1.54) is 0 Å². The Kier molecular flexibility index (Phi) is 4.65. The van der Waals surface area contributed by atoms with E-state index in [2.05, 4.69) is 20.8 Å². The van der Waals surface area contributed by atoms with Gasteiger partial charge in [-0.15, -0.1) is 0 Å². The zero-order chi connectivity index (χ0) is 13.2. The maximum Gasteiger partial charge on any atom is 0.200 e. The van der Waals surface area contributed by atoms with Crippen LogP contribution in [0.5, 0.6) is 0 Å².